The summed E-state index contributed by atoms with van der Waals surface area (Å²) in [5.74, 6) is 1.36. The van der Waals surface area contributed by atoms with Gasteiger partial charge in [0.2, 0.25) is 0 Å². The summed E-state index contributed by atoms with van der Waals surface area (Å²) >= 11 is 1.72. The summed E-state index contributed by atoms with van der Waals surface area (Å²) in [4.78, 5) is 15.1. The van der Waals surface area contributed by atoms with Crippen molar-refractivity contribution in [3.63, 3.8) is 0 Å². The molecule has 3 N–H and O–H groups in total. The Bertz CT molecular complexity index is 536. The number of halogens is 1. The summed E-state index contributed by atoms with van der Waals surface area (Å²) in [7, 11) is 0. The molecular formula is C18H27ClN2OS. The van der Waals surface area contributed by atoms with E-state index in [2.05, 4.69) is 11.4 Å². The fourth-order valence-corrected chi connectivity index (χ4v) is 6.01. The van der Waals surface area contributed by atoms with E-state index in [0.29, 0.717) is 23.9 Å². The van der Waals surface area contributed by atoms with E-state index in [4.69, 9.17) is 5.73 Å². The highest BCUT2D eigenvalue weighted by Crippen LogP contribution is 2.40. The highest BCUT2D eigenvalue weighted by molar-refractivity contribution is 7.14. The van der Waals surface area contributed by atoms with Crippen LogP contribution in [-0.2, 0) is 12.8 Å². The summed E-state index contributed by atoms with van der Waals surface area (Å²) in [6, 6.07) is 2.86. The molecule has 1 heterocycles. The van der Waals surface area contributed by atoms with Crippen LogP contribution in [0.1, 0.15) is 65.1 Å². The maximum Gasteiger partial charge on any atom is 0.261 e. The Kier molecular flexibility index (Phi) is 5.34. The number of fused-ring (bicyclic) bond motifs is 3. The van der Waals surface area contributed by atoms with Crippen LogP contribution in [0.2, 0.25) is 0 Å². The number of nitrogens with two attached hydrogens (primary N) is 1. The quantitative estimate of drug-likeness (QED) is 0.851. The van der Waals surface area contributed by atoms with Crippen molar-refractivity contribution in [1.29, 1.82) is 0 Å². The van der Waals surface area contributed by atoms with Gasteiger partial charge in [0.1, 0.15) is 0 Å². The van der Waals surface area contributed by atoms with Gasteiger partial charge >= 0.3 is 0 Å². The molecule has 0 radical (unpaired) electrons. The largest absolute Gasteiger partial charge is 0.348 e. The highest BCUT2D eigenvalue weighted by atomic mass is 35.5. The lowest BCUT2D eigenvalue weighted by atomic mass is 9.67. The Morgan fingerprint density at radius 1 is 1.13 bits per heavy atom. The minimum Gasteiger partial charge on any atom is -0.348 e. The maximum atomic E-state index is 12.7. The Balaban J connectivity index is 0.00000156. The number of carbonyl (C=O) groups is 1. The van der Waals surface area contributed by atoms with Crippen LogP contribution in [0.25, 0.3) is 0 Å². The molecule has 1 amide bonds. The molecule has 4 rings (SSSR count). The molecule has 1 aromatic heterocycles. The molecule has 23 heavy (non-hydrogen) atoms. The van der Waals surface area contributed by atoms with Crippen LogP contribution in [-0.4, -0.2) is 18.0 Å². The predicted octanol–water partition coefficient (Wildman–Crippen LogP) is 3.68. The molecule has 2 unspecified atom stereocenters. The molecular weight excluding hydrogens is 328 g/mol. The van der Waals surface area contributed by atoms with Gasteiger partial charge in [-0.2, -0.15) is 0 Å². The van der Waals surface area contributed by atoms with Crippen molar-refractivity contribution in [2.24, 2.45) is 17.6 Å². The number of thiophene rings is 1. The molecule has 0 spiro atoms. The SMILES string of the molecule is Cl.NC1CC2CCCC(C1)C2NC(=O)c1cc2c(s1)CCCC2. The number of hydrogen-bond acceptors (Lipinski definition) is 3. The molecule has 3 nitrogen and oxygen atoms in total. The van der Waals surface area contributed by atoms with Crippen molar-refractivity contribution in [3.05, 3.63) is 21.4 Å². The van der Waals surface area contributed by atoms with E-state index in [1.807, 2.05) is 0 Å². The topological polar surface area (TPSA) is 55.1 Å². The van der Waals surface area contributed by atoms with Crippen molar-refractivity contribution in [1.82, 2.24) is 5.32 Å². The zero-order valence-corrected chi connectivity index (χ0v) is 15.2. The first-order chi connectivity index (χ1) is 10.7. The average Bonchev–Trinajstić information content (AvgIpc) is 2.92. The van der Waals surface area contributed by atoms with Crippen LogP contribution >= 0.6 is 23.7 Å². The lowest BCUT2D eigenvalue weighted by molar-refractivity contribution is 0.0759. The lowest BCUT2D eigenvalue weighted by Crippen LogP contribution is -2.53. The van der Waals surface area contributed by atoms with Gasteiger partial charge in [0, 0.05) is 17.0 Å². The predicted molar refractivity (Wildman–Crippen MR) is 97.5 cm³/mol. The lowest BCUT2D eigenvalue weighted by Gasteiger charge is -2.45. The van der Waals surface area contributed by atoms with E-state index in [1.54, 1.807) is 11.3 Å². The van der Waals surface area contributed by atoms with Crippen molar-refractivity contribution < 1.29 is 4.79 Å². The third-order valence-corrected chi connectivity index (χ3v) is 7.13. The Labute approximate surface area is 148 Å². The van der Waals surface area contributed by atoms with Crippen LogP contribution in [0.5, 0.6) is 0 Å². The van der Waals surface area contributed by atoms with Crippen LogP contribution < -0.4 is 11.1 Å². The van der Waals surface area contributed by atoms with Crippen LogP contribution in [0.3, 0.4) is 0 Å². The van der Waals surface area contributed by atoms with Crippen molar-refractivity contribution in [3.8, 4) is 0 Å². The second kappa shape index (κ2) is 7.12. The molecule has 0 aliphatic heterocycles. The van der Waals surface area contributed by atoms with Crippen molar-refractivity contribution >= 4 is 29.7 Å². The van der Waals surface area contributed by atoms with Crippen LogP contribution in [0, 0.1) is 11.8 Å². The third-order valence-electron chi connectivity index (χ3n) is 5.89. The number of hydrogen-bond donors (Lipinski definition) is 2. The average molecular weight is 355 g/mol. The molecule has 1 aromatic rings. The molecule has 0 aromatic carbocycles. The first kappa shape index (κ1) is 17.2. The molecule has 2 saturated carbocycles. The number of nitrogens with one attached hydrogen (secondary N) is 1. The summed E-state index contributed by atoms with van der Waals surface area (Å²) in [5.41, 5.74) is 7.61. The van der Waals surface area contributed by atoms with E-state index in [0.717, 1.165) is 30.6 Å². The monoisotopic (exact) mass is 354 g/mol. The minimum atomic E-state index is 0. The first-order valence-corrected chi connectivity index (χ1v) is 9.70. The first-order valence-electron chi connectivity index (χ1n) is 8.88. The highest BCUT2D eigenvalue weighted by Gasteiger charge is 2.40. The van der Waals surface area contributed by atoms with E-state index < -0.39 is 0 Å². The molecule has 128 valence electrons. The van der Waals surface area contributed by atoms with E-state index in [-0.39, 0.29) is 18.3 Å². The van der Waals surface area contributed by atoms with Gasteiger partial charge in [-0.3, -0.25) is 4.79 Å². The minimum absolute atomic E-state index is 0. The number of carbonyl (C=O) groups excluding carboxylic acids is 1. The number of aryl methyl sites for hydroxylation is 2. The Hall–Kier alpha value is -0.580. The van der Waals surface area contributed by atoms with Crippen LogP contribution in [0.4, 0.5) is 0 Å². The summed E-state index contributed by atoms with van der Waals surface area (Å²) in [6.45, 7) is 0. The van der Waals surface area contributed by atoms with Crippen LogP contribution in [0.15, 0.2) is 6.07 Å². The molecule has 2 bridgehead atoms. The molecule has 5 heteroatoms. The van der Waals surface area contributed by atoms with Crippen molar-refractivity contribution in [2.45, 2.75) is 69.9 Å². The van der Waals surface area contributed by atoms with Gasteiger partial charge in [0.15, 0.2) is 0 Å². The summed E-state index contributed by atoms with van der Waals surface area (Å²) in [6.07, 6.45) is 10.8. The second-order valence-corrected chi connectivity index (χ2v) is 8.58. The number of rotatable bonds is 2. The summed E-state index contributed by atoms with van der Waals surface area (Å²) < 4.78 is 0. The van der Waals surface area contributed by atoms with Gasteiger partial charge in [-0.15, -0.1) is 23.7 Å². The molecule has 3 aliphatic rings. The fourth-order valence-electron chi connectivity index (χ4n) is 4.85. The normalized spacial score (nSPS) is 32.6. The van der Waals surface area contributed by atoms with Gasteiger partial charge in [-0.25, -0.2) is 0 Å². The van der Waals surface area contributed by atoms with Gasteiger partial charge in [-0.05, 0) is 74.8 Å². The fraction of sp³-hybridized carbons (Fsp3) is 0.722. The Morgan fingerprint density at radius 2 is 1.83 bits per heavy atom. The second-order valence-electron chi connectivity index (χ2n) is 7.45. The molecule has 2 fully saturated rings. The van der Waals surface area contributed by atoms with Gasteiger partial charge in [0.05, 0.1) is 4.88 Å². The van der Waals surface area contributed by atoms with Gasteiger partial charge in [-0.1, -0.05) is 6.42 Å². The molecule has 2 atom stereocenters. The van der Waals surface area contributed by atoms with Gasteiger partial charge < -0.3 is 11.1 Å². The van der Waals surface area contributed by atoms with E-state index in [9.17, 15) is 4.79 Å². The third kappa shape index (κ3) is 3.45. The Morgan fingerprint density at radius 3 is 2.52 bits per heavy atom. The summed E-state index contributed by atoms with van der Waals surface area (Å²) in [5, 5.41) is 3.38. The number of amides is 1. The molecule has 3 aliphatic carbocycles. The van der Waals surface area contributed by atoms with Gasteiger partial charge in [0.25, 0.3) is 5.91 Å². The smallest absolute Gasteiger partial charge is 0.261 e. The van der Waals surface area contributed by atoms with E-state index in [1.165, 1.54) is 42.5 Å². The zero-order valence-electron chi connectivity index (χ0n) is 13.6. The van der Waals surface area contributed by atoms with Crippen molar-refractivity contribution in [2.75, 3.05) is 0 Å². The van der Waals surface area contributed by atoms with E-state index >= 15 is 0 Å². The molecule has 0 saturated heterocycles. The standard InChI is InChI=1S/C18H26N2OS.ClH/c19-14-8-12-5-3-6-13(9-14)17(12)20-18(21)16-10-11-4-1-2-7-15(11)22-16;/h10,12-14,17H,1-9,19H2,(H,20,21);1H. The maximum absolute atomic E-state index is 12.7. The zero-order chi connectivity index (χ0) is 15.1.